The zero-order chi connectivity index (χ0) is 20.5. The molecule has 1 heterocycles. The zero-order valence-corrected chi connectivity index (χ0v) is 16.0. The van der Waals surface area contributed by atoms with E-state index < -0.39 is 18.0 Å². The van der Waals surface area contributed by atoms with Gasteiger partial charge in [0.2, 0.25) is 5.82 Å². The van der Waals surface area contributed by atoms with Gasteiger partial charge in [-0.2, -0.15) is 4.98 Å². The van der Waals surface area contributed by atoms with Crippen molar-refractivity contribution in [2.45, 2.75) is 26.1 Å². The van der Waals surface area contributed by atoms with Gasteiger partial charge in [0.15, 0.2) is 17.3 Å². The highest BCUT2D eigenvalue weighted by Crippen LogP contribution is 2.39. The van der Waals surface area contributed by atoms with E-state index in [2.05, 4.69) is 10.1 Å². The Labute approximate surface area is 166 Å². The molecule has 0 saturated heterocycles. The molecule has 1 aromatic heterocycles. The summed E-state index contributed by atoms with van der Waals surface area (Å²) in [6.07, 6.45) is -2.82. The van der Waals surface area contributed by atoms with Crippen molar-refractivity contribution in [3.8, 4) is 34.3 Å². The summed E-state index contributed by atoms with van der Waals surface area (Å²) >= 11 is 0. The van der Waals surface area contributed by atoms with E-state index in [-0.39, 0.29) is 17.3 Å². The number of rotatable bonds is 6. The van der Waals surface area contributed by atoms with Crippen molar-refractivity contribution in [2.24, 2.45) is 0 Å². The number of aliphatic hydroxyl groups is 2. The molecule has 3 aromatic rings. The van der Waals surface area contributed by atoms with Gasteiger partial charge < -0.3 is 24.2 Å². The number of Topliss-reactive ketones (excluding diaryl/α,β-unsaturated/α-hetero) is 1. The van der Waals surface area contributed by atoms with Crippen LogP contribution in [0.5, 0.6) is 11.5 Å². The van der Waals surface area contributed by atoms with Crippen LogP contribution in [0.2, 0.25) is 0 Å². The van der Waals surface area contributed by atoms with Crippen LogP contribution >= 0.6 is 0 Å². The minimum atomic E-state index is -1.49. The van der Waals surface area contributed by atoms with E-state index in [0.29, 0.717) is 41.4 Å². The summed E-state index contributed by atoms with van der Waals surface area (Å²) in [6, 6.07) is 10.2. The second-order valence-corrected chi connectivity index (χ2v) is 6.47. The lowest BCUT2D eigenvalue weighted by molar-refractivity contribution is 0.0298. The van der Waals surface area contributed by atoms with Gasteiger partial charge in [-0.1, -0.05) is 23.4 Å². The maximum atomic E-state index is 12.1. The minimum Gasteiger partial charge on any atom is -0.490 e. The molecule has 0 aliphatic heterocycles. The first-order valence-electron chi connectivity index (χ1n) is 9.32. The molecule has 0 fully saturated rings. The summed E-state index contributed by atoms with van der Waals surface area (Å²) in [7, 11) is 0. The fourth-order valence-corrected chi connectivity index (χ4v) is 3.39. The third-order valence-corrected chi connectivity index (χ3v) is 4.69. The number of benzene rings is 2. The van der Waals surface area contributed by atoms with Crippen LogP contribution in [0.25, 0.3) is 22.8 Å². The van der Waals surface area contributed by atoms with Crippen LogP contribution in [0.4, 0.5) is 0 Å². The van der Waals surface area contributed by atoms with Crippen molar-refractivity contribution in [1.82, 2.24) is 10.1 Å². The Hall–Kier alpha value is -3.23. The van der Waals surface area contributed by atoms with Gasteiger partial charge in [0.25, 0.3) is 5.89 Å². The number of fused-ring (bicyclic) bond motifs is 1. The van der Waals surface area contributed by atoms with Crippen LogP contribution in [0.1, 0.15) is 35.9 Å². The molecule has 29 heavy (non-hydrogen) atoms. The van der Waals surface area contributed by atoms with Crippen molar-refractivity contribution in [2.75, 3.05) is 13.2 Å². The van der Waals surface area contributed by atoms with E-state index in [1.54, 1.807) is 36.4 Å². The van der Waals surface area contributed by atoms with Crippen molar-refractivity contribution in [3.05, 3.63) is 47.5 Å². The topological polar surface area (TPSA) is 115 Å². The monoisotopic (exact) mass is 396 g/mol. The summed E-state index contributed by atoms with van der Waals surface area (Å²) in [5.74, 6) is 1.13. The standard InChI is InChI=1S/C21H20N2O6/c1-3-27-14-9-8-11(10-15(14)28-4-2)21-22-20(23-29-21)13-7-5-6-12-16(13)18(25)19(26)17(12)24/h5-10,18-19,25-26H,3-4H2,1-2H3. The highest BCUT2D eigenvalue weighted by Gasteiger charge is 2.39. The molecule has 4 rings (SSSR count). The number of hydrogen-bond donors (Lipinski definition) is 2. The van der Waals surface area contributed by atoms with Crippen LogP contribution in [0.3, 0.4) is 0 Å². The molecule has 1 aliphatic carbocycles. The highest BCUT2D eigenvalue weighted by molar-refractivity contribution is 6.06. The maximum Gasteiger partial charge on any atom is 0.258 e. The Bertz CT molecular complexity index is 1060. The third-order valence-electron chi connectivity index (χ3n) is 4.69. The summed E-state index contributed by atoms with van der Waals surface area (Å²) in [6.45, 7) is 4.76. The highest BCUT2D eigenvalue weighted by atomic mass is 16.5. The number of ether oxygens (including phenoxy) is 2. The SMILES string of the molecule is CCOc1ccc(-c2nc(-c3cccc4c3C(O)C(O)C4=O)no2)cc1OCC. The molecule has 0 saturated carbocycles. The van der Waals surface area contributed by atoms with Crippen molar-refractivity contribution in [1.29, 1.82) is 0 Å². The van der Waals surface area contributed by atoms with Crippen LogP contribution in [0.15, 0.2) is 40.9 Å². The Kier molecular flexibility index (Phi) is 5.04. The van der Waals surface area contributed by atoms with Gasteiger partial charge in [-0.15, -0.1) is 0 Å². The maximum absolute atomic E-state index is 12.1. The third kappa shape index (κ3) is 3.26. The molecule has 0 radical (unpaired) electrons. The molecule has 0 bridgehead atoms. The molecular weight excluding hydrogens is 376 g/mol. The Balaban J connectivity index is 1.73. The molecule has 2 unspecified atom stereocenters. The van der Waals surface area contributed by atoms with E-state index in [1.807, 2.05) is 13.8 Å². The molecule has 8 heteroatoms. The number of hydrogen-bond acceptors (Lipinski definition) is 8. The van der Waals surface area contributed by atoms with Crippen molar-refractivity contribution in [3.63, 3.8) is 0 Å². The molecule has 0 amide bonds. The zero-order valence-electron chi connectivity index (χ0n) is 16.0. The number of ketones is 1. The van der Waals surface area contributed by atoms with Crippen LogP contribution in [0, 0.1) is 0 Å². The van der Waals surface area contributed by atoms with Crippen LogP contribution < -0.4 is 9.47 Å². The number of nitrogens with zero attached hydrogens (tertiary/aromatic N) is 2. The Morgan fingerprint density at radius 1 is 1.00 bits per heavy atom. The average molecular weight is 396 g/mol. The lowest BCUT2D eigenvalue weighted by Gasteiger charge is -2.11. The normalized spacial score (nSPS) is 18.0. The molecule has 2 atom stereocenters. The van der Waals surface area contributed by atoms with E-state index in [4.69, 9.17) is 14.0 Å². The van der Waals surface area contributed by atoms with E-state index in [0.717, 1.165) is 0 Å². The Morgan fingerprint density at radius 2 is 1.72 bits per heavy atom. The molecule has 1 aliphatic rings. The molecule has 2 aromatic carbocycles. The summed E-state index contributed by atoms with van der Waals surface area (Å²) < 4.78 is 16.6. The molecule has 0 spiro atoms. The summed E-state index contributed by atoms with van der Waals surface area (Å²) in [5, 5.41) is 24.2. The number of carbonyl (C=O) groups excluding carboxylic acids is 1. The van der Waals surface area contributed by atoms with Crippen LogP contribution in [-0.2, 0) is 0 Å². The number of carbonyl (C=O) groups is 1. The second-order valence-electron chi connectivity index (χ2n) is 6.47. The number of aliphatic hydroxyl groups excluding tert-OH is 2. The van der Waals surface area contributed by atoms with Gasteiger partial charge in [0.1, 0.15) is 12.2 Å². The Morgan fingerprint density at radius 3 is 2.48 bits per heavy atom. The van der Waals surface area contributed by atoms with Gasteiger partial charge in [0.05, 0.1) is 13.2 Å². The fraction of sp³-hybridized carbons (Fsp3) is 0.286. The lowest BCUT2D eigenvalue weighted by atomic mass is 10.0. The quantitative estimate of drug-likeness (QED) is 0.654. The smallest absolute Gasteiger partial charge is 0.258 e. The van der Waals surface area contributed by atoms with Gasteiger partial charge >= 0.3 is 0 Å². The summed E-state index contributed by atoms with van der Waals surface area (Å²) in [5.41, 5.74) is 1.64. The largest absolute Gasteiger partial charge is 0.490 e. The number of aromatic nitrogens is 2. The first kappa shape index (κ1) is 19.1. The van der Waals surface area contributed by atoms with Gasteiger partial charge in [-0.3, -0.25) is 4.79 Å². The van der Waals surface area contributed by atoms with Gasteiger partial charge in [-0.05, 0) is 32.0 Å². The first-order valence-corrected chi connectivity index (χ1v) is 9.32. The van der Waals surface area contributed by atoms with Gasteiger partial charge in [-0.25, -0.2) is 0 Å². The summed E-state index contributed by atoms with van der Waals surface area (Å²) in [4.78, 5) is 16.5. The van der Waals surface area contributed by atoms with Crippen molar-refractivity contribution < 1.29 is 29.0 Å². The predicted octanol–water partition coefficient (Wildman–Crippen LogP) is 2.79. The first-order chi connectivity index (χ1) is 14.0. The second kappa shape index (κ2) is 7.65. The van der Waals surface area contributed by atoms with E-state index >= 15 is 0 Å². The predicted molar refractivity (Wildman–Crippen MR) is 103 cm³/mol. The van der Waals surface area contributed by atoms with E-state index in [1.165, 1.54) is 0 Å². The molecular formula is C21H20N2O6. The lowest BCUT2D eigenvalue weighted by Crippen LogP contribution is -2.19. The van der Waals surface area contributed by atoms with Crippen LogP contribution in [-0.4, -0.2) is 45.5 Å². The minimum absolute atomic E-state index is 0.213. The van der Waals surface area contributed by atoms with Crippen molar-refractivity contribution >= 4 is 5.78 Å². The molecule has 8 nitrogen and oxygen atoms in total. The molecule has 2 N–H and O–H groups in total. The average Bonchev–Trinajstić information content (AvgIpc) is 3.30. The van der Waals surface area contributed by atoms with Gasteiger partial charge in [0, 0.05) is 22.3 Å². The molecule has 150 valence electrons. The van der Waals surface area contributed by atoms with E-state index in [9.17, 15) is 15.0 Å². The fourth-order valence-electron chi connectivity index (χ4n) is 3.39.